The van der Waals surface area contributed by atoms with Gasteiger partial charge >= 0.3 is 12.1 Å². The van der Waals surface area contributed by atoms with Crippen molar-refractivity contribution in [2.75, 3.05) is 6.61 Å². The number of carbonyl (C=O) groups is 2. The van der Waals surface area contributed by atoms with Crippen molar-refractivity contribution in [2.24, 2.45) is 0 Å². The van der Waals surface area contributed by atoms with Gasteiger partial charge in [0, 0.05) is 0 Å². The summed E-state index contributed by atoms with van der Waals surface area (Å²) in [6.07, 6.45) is -0.805. The molecule has 23 heavy (non-hydrogen) atoms. The third kappa shape index (κ3) is 4.58. The van der Waals surface area contributed by atoms with Gasteiger partial charge < -0.3 is 14.2 Å². The van der Waals surface area contributed by atoms with E-state index in [1.165, 1.54) is 36.4 Å². The molecule has 0 unspecified atom stereocenters. The summed E-state index contributed by atoms with van der Waals surface area (Å²) < 4.78 is 14.7. The van der Waals surface area contributed by atoms with Crippen molar-refractivity contribution >= 4 is 12.1 Å². The van der Waals surface area contributed by atoms with Crippen LogP contribution >= 0.6 is 0 Å². The van der Waals surface area contributed by atoms with Gasteiger partial charge in [-0.1, -0.05) is 0 Å². The predicted molar refractivity (Wildman–Crippen MR) is 80.2 cm³/mol. The summed E-state index contributed by atoms with van der Waals surface area (Å²) in [5, 5.41) is 8.71. The van der Waals surface area contributed by atoms with Gasteiger partial charge in [-0.25, -0.2) is 9.59 Å². The first-order valence-electron chi connectivity index (χ1n) is 6.79. The maximum atomic E-state index is 12.0. The van der Waals surface area contributed by atoms with Crippen LogP contribution in [0, 0.1) is 11.3 Å². The molecule has 0 saturated carbocycles. The number of esters is 1. The summed E-state index contributed by atoms with van der Waals surface area (Å²) in [4.78, 5) is 23.2. The van der Waals surface area contributed by atoms with E-state index in [4.69, 9.17) is 14.7 Å². The van der Waals surface area contributed by atoms with Crippen LogP contribution < -0.4 is 9.47 Å². The van der Waals surface area contributed by atoms with E-state index in [9.17, 15) is 9.59 Å². The summed E-state index contributed by atoms with van der Waals surface area (Å²) in [6, 6.07) is 14.0. The molecule has 0 amide bonds. The van der Waals surface area contributed by atoms with Gasteiger partial charge in [-0.05, 0) is 55.5 Å². The molecule has 0 N–H and O–H groups in total. The fourth-order valence-electron chi connectivity index (χ4n) is 1.67. The molecule has 6 heteroatoms. The largest absolute Gasteiger partial charge is 0.513 e. The fourth-order valence-corrected chi connectivity index (χ4v) is 1.67. The third-order valence-electron chi connectivity index (χ3n) is 2.75. The molecule has 0 heterocycles. The standard InChI is InChI=1S/C17H13NO5/c1-2-21-17(20)23-15-9-5-13(6-10-15)16(19)22-14-7-3-12(11-18)4-8-14/h3-10H,2H2,1H3. The second-order valence-corrected chi connectivity index (χ2v) is 4.34. The Morgan fingerprint density at radius 1 is 0.957 bits per heavy atom. The van der Waals surface area contributed by atoms with Crippen LogP contribution in [-0.2, 0) is 4.74 Å². The Morgan fingerprint density at radius 3 is 2.09 bits per heavy atom. The highest BCUT2D eigenvalue weighted by atomic mass is 16.7. The van der Waals surface area contributed by atoms with E-state index >= 15 is 0 Å². The fraction of sp³-hybridized carbons (Fsp3) is 0.118. The summed E-state index contributed by atoms with van der Waals surface area (Å²) in [5.41, 5.74) is 0.774. The maximum Gasteiger partial charge on any atom is 0.513 e. The molecular weight excluding hydrogens is 298 g/mol. The Hall–Kier alpha value is -3.33. The van der Waals surface area contributed by atoms with Gasteiger partial charge in [0.2, 0.25) is 0 Å². The molecule has 0 aromatic heterocycles. The molecule has 2 aromatic rings. The van der Waals surface area contributed by atoms with Crippen molar-refractivity contribution in [2.45, 2.75) is 6.92 Å². The molecule has 0 atom stereocenters. The molecule has 0 aliphatic rings. The highest BCUT2D eigenvalue weighted by Gasteiger charge is 2.10. The minimum Gasteiger partial charge on any atom is -0.434 e. The molecule has 0 spiro atoms. The van der Waals surface area contributed by atoms with Crippen molar-refractivity contribution in [3.63, 3.8) is 0 Å². The number of nitrogens with zero attached hydrogens (tertiary/aromatic N) is 1. The van der Waals surface area contributed by atoms with E-state index in [1.54, 1.807) is 19.1 Å². The molecule has 0 radical (unpaired) electrons. The normalized spacial score (nSPS) is 9.57. The summed E-state index contributed by atoms with van der Waals surface area (Å²) >= 11 is 0. The molecule has 2 aromatic carbocycles. The molecule has 0 aliphatic heterocycles. The highest BCUT2D eigenvalue weighted by molar-refractivity contribution is 5.91. The SMILES string of the molecule is CCOC(=O)Oc1ccc(C(=O)Oc2ccc(C#N)cc2)cc1. The molecular formula is C17H13NO5. The third-order valence-corrected chi connectivity index (χ3v) is 2.75. The minimum atomic E-state index is -0.805. The smallest absolute Gasteiger partial charge is 0.434 e. The Balaban J connectivity index is 1.99. The lowest BCUT2D eigenvalue weighted by atomic mass is 10.2. The van der Waals surface area contributed by atoms with Crippen LogP contribution in [0.4, 0.5) is 4.79 Å². The van der Waals surface area contributed by atoms with E-state index in [0.717, 1.165) is 0 Å². The van der Waals surface area contributed by atoms with Crippen molar-refractivity contribution in [1.29, 1.82) is 5.26 Å². The first-order valence-corrected chi connectivity index (χ1v) is 6.79. The predicted octanol–water partition coefficient (Wildman–Crippen LogP) is 3.31. The molecule has 0 fully saturated rings. The summed E-state index contributed by atoms with van der Waals surface area (Å²) in [6.45, 7) is 1.89. The van der Waals surface area contributed by atoms with E-state index in [2.05, 4.69) is 4.74 Å². The number of nitriles is 1. The van der Waals surface area contributed by atoms with Crippen LogP contribution in [0.25, 0.3) is 0 Å². The van der Waals surface area contributed by atoms with E-state index in [-0.39, 0.29) is 12.4 Å². The topological polar surface area (TPSA) is 85.6 Å². The van der Waals surface area contributed by atoms with Crippen LogP contribution in [0.3, 0.4) is 0 Å². The molecule has 6 nitrogen and oxygen atoms in total. The first-order chi connectivity index (χ1) is 11.1. The van der Waals surface area contributed by atoms with Gasteiger partial charge in [-0.2, -0.15) is 5.26 Å². The van der Waals surface area contributed by atoms with Gasteiger partial charge in [0.1, 0.15) is 11.5 Å². The second-order valence-electron chi connectivity index (χ2n) is 4.34. The van der Waals surface area contributed by atoms with E-state index in [1.807, 2.05) is 6.07 Å². The average molecular weight is 311 g/mol. The molecule has 2 rings (SSSR count). The molecule has 116 valence electrons. The number of ether oxygens (including phenoxy) is 3. The Kier molecular flexibility index (Phi) is 5.31. The van der Waals surface area contributed by atoms with Crippen molar-refractivity contribution in [1.82, 2.24) is 0 Å². The van der Waals surface area contributed by atoms with Crippen molar-refractivity contribution in [3.8, 4) is 17.6 Å². The number of benzene rings is 2. The molecule has 0 aliphatic carbocycles. The number of carbonyl (C=O) groups excluding carboxylic acids is 2. The second kappa shape index (κ2) is 7.61. The average Bonchev–Trinajstić information content (AvgIpc) is 2.56. The Morgan fingerprint density at radius 2 is 1.52 bits per heavy atom. The van der Waals surface area contributed by atoms with Gasteiger partial charge in [-0.3, -0.25) is 0 Å². The summed E-state index contributed by atoms with van der Waals surface area (Å²) in [5.74, 6) is 0.0385. The maximum absolute atomic E-state index is 12.0. The lowest BCUT2D eigenvalue weighted by Crippen LogP contribution is -2.11. The van der Waals surface area contributed by atoms with Crippen molar-refractivity contribution in [3.05, 3.63) is 59.7 Å². The van der Waals surface area contributed by atoms with Crippen LogP contribution in [0.2, 0.25) is 0 Å². The first kappa shape index (κ1) is 16.0. The zero-order valence-corrected chi connectivity index (χ0v) is 12.3. The van der Waals surface area contributed by atoms with Crippen LogP contribution in [0.5, 0.6) is 11.5 Å². The molecule has 0 bridgehead atoms. The molecule has 0 saturated heterocycles. The van der Waals surface area contributed by atoms with Gasteiger partial charge in [0.05, 0.1) is 23.8 Å². The monoisotopic (exact) mass is 311 g/mol. The lowest BCUT2D eigenvalue weighted by Gasteiger charge is -2.06. The number of hydrogen-bond donors (Lipinski definition) is 0. The van der Waals surface area contributed by atoms with Crippen LogP contribution in [0.15, 0.2) is 48.5 Å². The van der Waals surface area contributed by atoms with Crippen molar-refractivity contribution < 1.29 is 23.8 Å². The van der Waals surface area contributed by atoms with Crippen LogP contribution in [-0.4, -0.2) is 18.7 Å². The zero-order chi connectivity index (χ0) is 16.7. The Bertz CT molecular complexity index is 729. The quantitative estimate of drug-likeness (QED) is 0.489. The highest BCUT2D eigenvalue weighted by Crippen LogP contribution is 2.16. The Labute approximate surface area is 132 Å². The van der Waals surface area contributed by atoms with Gasteiger partial charge in [0.25, 0.3) is 0 Å². The number of rotatable bonds is 4. The summed E-state index contributed by atoms with van der Waals surface area (Å²) in [7, 11) is 0. The van der Waals surface area contributed by atoms with Gasteiger partial charge in [0.15, 0.2) is 0 Å². The number of hydrogen-bond acceptors (Lipinski definition) is 6. The minimum absolute atomic E-state index is 0.216. The van der Waals surface area contributed by atoms with E-state index < -0.39 is 12.1 Å². The van der Waals surface area contributed by atoms with Crippen LogP contribution in [0.1, 0.15) is 22.8 Å². The zero-order valence-electron chi connectivity index (χ0n) is 12.3. The van der Waals surface area contributed by atoms with Gasteiger partial charge in [-0.15, -0.1) is 0 Å². The van der Waals surface area contributed by atoms with E-state index in [0.29, 0.717) is 16.9 Å². The lowest BCUT2D eigenvalue weighted by molar-refractivity contribution is 0.0734.